The van der Waals surface area contributed by atoms with Gasteiger partial charge in [0.05, 0.1) is 11.7 Å². The molecule has 0 radical (unpaired) electrons. The van der Waals surface area contributed by atoms with Crippen LogP contribution < -0.4 is 26.2 Å². The number of halogens is 3. The smallest absolute Gasteiger partial charge is 0.366 e. The van der Waals surface area contributed by atoms with E-state index in [0.717, 1.165) is 0 Å². The Bertz CT molecular complexity index is 986. The molecule has 12 heteroatoms. The SMILES string of the molecule is NCC(NC(=O)c1ccc2c(n1)N(C(=O)Nc1ccccn1)[C@H]1CCN2C1)C(F)(F)F. The third kappa shape index (κ3) is 4.10. The summed E-state index contributed by atoms with van der Waals surface area (Å²) in [5.74, 6) is -0.459. The van der Waals surface area contributed by atoms with E-state index in [0.29, 0.717) is 31.0 Å². The molecule has 9 nitrogen and oxygen atoms in total. The molecule has 0 saturated carbocycles. The lowest BCUT2D eigenvalue weighted by Crippen LogP contribution is -2.50. The Balaban J connectivity index is 1.63. The Hall–Kier alpha value is -3.41. The first-order chi connectivity index (χ1) is 14.8. The predicted octanol–water partition coefficient (Wildman–Crippen LogP) is 1.73. The number of hydrogen-bond donors (Lipinski definition) is 3. The van der Waals surface area contributed by atoms with Crippen LogP contribution in [0.25, 0.3) is 0 Å². The maximum absolute atomic E-state index is 13.0. The van der Waals surface area contributed by atoms with Crippen molar-refractivity contribution in [2.24, 2.45) is 5.73 Å². The molecule has 2 aromatic rings. The summed E-state index contributed by atoms with van der Waals surface area (Å²) >= 11 is 0. The van der Waals surface area contributed by atoms with Crippen molar-refractivity contribution < 1.29 is 22.8 Å². The summed E-state index contributed by atoms with van der Waals surface area (Å²) in [4.78, 5) is 37.2. The monoisotopic (exact) mass is 435 g/mol. The van der Waals surface area contributed by atoms with Crippen LogP contribution in [0.4, 0.5) is 35.3 Å². The molecule has 164 valence electrons. The van der Waals surface area contributed by atoms with Gasteiger partial charge in [0.2, 0.25) is 0 Å². The van der Waals surface area contributed by atoms with Crippen LogP contribution in [0.5, 0.6) is 0 Å². The Morgan fingerprint density at radius 3 is 2.74 bits per heavy atom. The molecule has 3 amide bonds. The Morgan fingerprint density at radius 1 is 1.26 bits per heavy atom. The van der Waals surface area contributed by atoms with E-state index in [4.69, 9.17) is 5.73 Å². The maximum atomic E-state index is 13.0. The Morgan fingerprint density at radius 2 is 2.06 bits per heavy atom. The molecule has 1 fully saturated rings. The number of nitrogens with one attached hydrogen (secondary N) is 2. The largest absolute Gasteiger partial charge is 0.409 e. The molecule has 1 saturated heterocycles. The lowest BCUT2D eigenvalue weighted by Gasteiger charge is -2.35. The first kappa shape index (κ1) is 20.8. The van der Waals surface area contributed by atoms with Gasteiger partial charge in [-0.1, -0.05) is 6.07 Å². The van der Waals surface area contributed by atoms with Crippen LogP contribution in [0, 0.1) is 0 Å². The second-order valence-electron chi connectivity index (χ2n) is 7.25. The summed E-state index contributed by atoms with van der Waals surface area (Å²) in [5.41, 5.74) is 5.54. The highest BCUT2D eigenvalue weighted by molar-refractivity contribution is 6.05. The number of pyridine rings is 2. The predicted molar refractivity (Wildman–Crippen MR) is 107 cm³/mol. The van der Waals surface area contributed by atoms with E-state index in [1.807, 2.05) is 10.2 Å². The molecule has 2 aromatic heterocycles. The van der Waals surface area contributed by atoms with Gasteiger partial charge in [0, 0.05) is 25.8 Å². The Kier molecular flexibility index (Phi) is 5.39. The molecule has 2 bridgehead atoms. The van der Waals surface area contributed by atoms with Gasteiger partial charge in [-0.15, -0.1) is 0 Å². The molecule has 0 spiro atoms. The number of aromatic nitrogens is 2. The molecule has 2 aliphatic rings. The Labute approximate surface area is 175 Å². The molecule has 4 heterocycles. The van der Waals surface area contributed by atoms with Gasteiger partial charge in [0.15, 0.2) is 5.82 Å². The third-order valence-electron chi connectivity index (χ3n) is 5.24. The summed E-state index contributed by atoms with van der Waals surface area (Å²) in [6.45, 7) is 0.495. The van der Waals surface area contributed by atoms with E-state index >= 15 is 0 Å². The highest BCUT2D eigenvalue weighted by atomic mass is 19.4. The summed E-state index contributed by atoms with van der Waals surface area (Å²) in [5, 5.41) is 4.55. The minimum atomic E-state index is -4.68. The number of rotatable bonds is 4. The topological polar surface area (TPSA) is 116 Å². The van der Waals surface area contributed by atoms with E-state index < -0.39 is 30.7 Å². The molecule has 4 N–H and O–H groups in total. The zero-order valence-electron chi connectivity index (χ0n) is 16.3. The van der Waals surface area contributed by atoms with Crippen LogP contribution in [-0.2, 0) is 0 Å². The lowest BCUT2D eigenvalue weighted by molar-refractivity contribution is -0.150. The van der Waals surface area contributed by atoms with Crippen molar-refractivity contribution in [1.82, 2.24) is 15.3 Å². The van der Waals surface area contributed by atoms with Gasteiger partial charge in [0.1, 0.15) is 17.6 Å². The van der Waals surface area contributed by atoms with Gasteiger partial charge in [-0.3, -0.25) is 15.0 Å². The number of alkyl halides is 3. The fourth-order valence-electron chi connectivity index (χ4n) is 3.71. The van der Waals surface area contributed by atoms with Crippen LogP contribution in [0.2, 0.25) is 0 Å². The number of anilines is 3. The second-order valence-corrected chi connectivity index (χ2v) is 7.25. The fraction of sp³-hybridized carbons (Fsp3) is 0.368. The zero-order chi connectivity index (χ0) is 22.2. The molecule has 0 aliphatic carbocycles. The van der Waals surface area contributed by atoms with Gasteiger partial charge in [-0.25, -0.2) is 14.8 Å². The molecular formula is C19H20F3N7O2. The van der Waals surface area contributed by atoms with E-state index in [2.05, 4.69) is 15.3 Å². The number of urea groups is 1. The quantitative estimate of drug-likeness (QED) is 0.674. The van der Waals surface area contributed by atoms with Crippen LogP contribution >= 0.6 is 0 Å². The normalized spacial score (nSPS) is 18.4. The van der Waals surface area contributed by atoms with Crippen molar-refractivity contribution >= 4 is 29.3 Å². The molecular weight excluding hydrogens is 415 g/mol. The van der Waals surface area contributed by atoms with E-state index in [-0.39, 0.29) is 17.6 Å². The fourth-order valence-corrected chi connectivity index (χ4v) is 3.71. The lowest BCUT2D eigenvalue weighted by atomic mass is 10.1. The van der Waals surface area contributed by atoms with Crippen molar-refractivity contribution in [3.8, 4) is 0 Å². The summed E-state index contributed by atoms with van der Waals surface area (Å²) in [6.07, 6.45) is -2.46. The summed E-state index contributed by atoms with van der Waals surface area (Å²) in [7, 11) is 0. The average molecular weight is 435 g/mol. The first-order valence-corrected chi connectivity index (χ1v) is 9.63. The molecule has 2 atom stereocenters. The zero-order valence-corrected chi connectivity index (χ0v) is 16.3. The molecule has 0 aromatic carbocycles. The van der Waals surface area contributed by atoms with Crippen LogP contribution in [0.15, 0.2) is 36.5 Å². The number of fused-ring (bicyclic) bond motifs is 4. The van der Waals surface area contributed by atoms with Crippen molar-refractivity contribution in [2.75, 3.05) is 34.8 Å². The van der Waals surface area contributed by atoms with Crippen molar-refractivity contribution in [2.45, 2.75) is 24.7 Å². The van der Waals surface area contributed by atoms with E-state index in [1.165, 1.54) is 17.2 Å². The number of nitrogens with zero attached hydrogens (tertiary/aromatic N) is 4. The van der Waals surface area contributed by atoms with E-state index in [1.54, 1.807) is 24.3 Å². The number of carbonyl (C=O) groups excluding carboxylic acids is 2. The molecule has 4 rings (SSSR count). The average Bonchev–Trinajstić information content (AvgIpc) is 3.15. The van der Waals surface area contributed by atoms with Gasteiger partial charge < -0.3 is 16.0 Å². The van der Waals surface area contributed by atoms with E-state index in [9.17, 15) is 22.8 Å². The summed E-state index contributed by atoms with van der Waals surface area (Å²) in [6, 6.07) is 5.13. The highest BCUT2D eigenvalue weighted by Gasteiger charge is 2.42. The van der Waals surface area contributed by atoms with Gasteiger partial charge in [0.25, 0.3) is 5.91 Å². The molecule has 31 heavy (non-hydrogen) atoms. The minimum absolute atomic E-state index is 0.186. The first-order valence-electron chi connectivity index (χ1n) is 9.63. The second kappa shape index (κ2) is 8.02. The van der Waals surface area contributed by atoms with Crippen LogP contribution in [0.1, 0.15) is 16.9 Å². The maximum Gasteiger partial charge on any atom is 0.409 e. The van der Waals surface area contributed by atoms with Crippen molar-refractivity contribution in [1.29, 1.82) is 0 Å². The number of nitrogens with two attached hydrogens (primary N) is 1. The summed E-state index contributed by atoms with van der Waals surface area (Å²) < 4.78 is 38.9. The number of hydrogen-bond acceptors (Lipinski definition) is 6. The standard InChI is InChI=1S/C19H20F3N7O2/c20-19(21,22)14(9-23)26-17(30)12-4-5-13-16(25-12)29(11-6-8-28(13)10-11)18(31)27-15-3-1-2-7-24-15/h1-5,7,11,14H,6,8-10,23H2,(H,26,30)(H,24,27,31)/t11-,14?/m0/s1. The molecule has 1 unspecified atom stereocenters. The number of carbonyl (C=O) groups is 2. The third-order valence-corrected chi connectivity index (χ3v) is 5.24. The van der Waals surface area contributed by atoms with Gasteiger partial charge in [-0.2, -0.15) is 13.2 Å². The van der Waals surface area contributed by atoms with Gasteiger partial charge >= 0.3 is 12.2 Å². The van der Waals surface area contributed by atoms with Crippen molar-refractivity contribution in [3.63, 3.8) is 0 Å². The van der Waals surface area contributed by atoms with Crippen LogP contribution in [0.3, 0.4) is 0 Å². The highest BCUT2D eigenvalue weighted by Crippen LogP contribution is 2.39. The van der Waals surface area contributed by atoms with Gasteiger partial charge in [-0.05, 0) is 30.7 Å². The van der Waals surface area contributed by atoms with Crippen molar-refractivity contribution in [3.05, 3.63) is 42.2 Å². The van der Waals surface area contributed by atoms with Crippen LogP contribution in [-0.4, -0.2) is 59.8 Å². The molecule has 2 aliphatic heterocycles. The number of amides is 3. The minimum Gasteiger partial charge on any atom is -0.366 e.